The molecule has 4 aromatic rings. The molecule has 6 heterocycles. The molecule has 0 aliphatic carbocycles. The quantitative estimate of drug-likeness (QED) is 0.186. The van der Waals surface area contributed by atoms with Gasteiger partial charge in [0.2, 0.25) is 0 Å². The maximum absolute atomic E-state index is 14.2. The lowest BCUT2D eigenvalue weighted by atomic mass is 9.65. The van der Waals surface area contributed by atoms with E-state index in [9.17, 15) is 15.2 Å². The second kappa shape index (κ2) is 15.1. The molecule has 1 amide bonds. The van der Waals surface area contributed by atoms with E-state index in [1.165, 1.54) is 7.11 Å². The number of hydrogen-bond acceptors (Lipinski definition) is 13. The van der Waals surface area contributed by atoms with E-state index in [-0.39, 0.29) is 30.2 Å². The maximum Gasteiger partial charge on any atom is 0.287 e. The summed E-state index contributed by atoms with van der Waals surface area (Å²) in [4.78, 5) is 18.5. The van der Waals surface area contributed by atoms with Crippen molar-refractivity contribution in [2.45, 2.75) is 82.3 Å². The lowest BCUT2D eigenvalue weighted by Crippen LogP contribution is -2.69. The molecule has 308 valence electrons. The van der Waals surface area contributed by atoms with Crippen molar-refractivity contribution in [2.75, 3.05) is 62.4 Å². The van der Waals surface area contributed by atoms with Crippen molar-refractivity contribution < 1.29 is 47.5 Å². The van der Waals surface area contributed by atoms with Gasteiger partial charge in [0, 0.05) is 75.8 Å². The van der Waals surface area contributed by atoms with Crippen LogP contribution in [0.5, 0.6) is 40.2 Å². The Hall–Kier alpha value is -5.36. The van der Waals surface area contributed by atoms with E-state index >= 15 is 0 Å². The number of phenolic OH excluding ortho intramolecular Hbond substituents is 1. The molecule has 5 atom stereocenters. The summed E-state index contributed by atoms with van der Waals surface area (Å²) < 4.78 is 48.1. The first-order valence-electron chi connectivity index (χ1n) is 19.7. The van der Waals surface area contributed by atoms with Crippen LogP contribution in [0.3, 0.4) is 0 Å². The lowest BCUT2D eigenvalue weighted by Gasteiger charge is -2.63. The second-order valence-corrected chi connectivity index (χ2v) is 15.8. The molecule has 2 saturated heterocycles. The molecule has 5 aliphatic rings. The number of carbonyl (C=O) groups is 1. The summed E-state index contributed by atoms with van der Waals surface area (Å²) in [5.41, 5.74) is 4.35. The Balaban J connectivity index is 1.27. The fourth-order valence-electron chi connectivity index (χ4n) is 10.2. The molecule has 58 heavy (non-hydrogen) atoms. The number of rotatable bonds is 10. The number of nitrogens with zero attached hydrogens (tertiary/aromatic N) is 3. The van der Waals surface area contributed by atoms with Crippen molar-refractivity contribution in [3.8, 4) is 46.3 Å². The number of benzene rings is 3. The highest BCUT2D eigenvalue weighted by atomic mass is 16.5. The molecule has 14 nitrogen and oxygen atoms in total. The van der Waals surface area contributed by atoms with Gasteiger partial charge in [0.15, 0.2) is 28.8 Å². The normalized spacial score (nSPS) is 24.2. The van der Waals surface area contributed by atoms with Crippen LogP contribution in [-0.2, 0) is 16.7 Å². The Morgan fingerprint density at radius 2 is 1.62 bits per heavy atom. The van der Waals surface area contributed by atoms with Crippen LogP contribution in [0.4, 0.5) is 0 Å². The van der Waals surface area contributed by atoms with Gasteiger partial charge in [-0.2, -0.15) is 5.26 Å². The Labute approximate surface area is 338 Å². The number of amides is 1. The van der Waals surface area contributed by atoms with E-state index in [4.69, 9.17) is 37.6 Å². The third-order valence-electron chi connectivity index (χ3n) is 13.1. The summed E-state index contributed by atoms with van der Waals surface area (Å²) in [6, 6.07) is 7.73. The van der Waals surface area contributed by atoms with Crippen LogP contribution in [-0.4, -0.2) is 101 Å². The van der Waals surface area contributed by atoms with Crippen molar-refractivity contribution in [1.82, 2.24) is 15.1 Å². The summed E-state index contributed by atoms with van der Waals surface area (Å²) in [5.74, 6) is 2.84. The third kappa shape index (κ3) is 5.88. The van der Waals surface area contributed by atoms with Crippen LogP contribution in [0, 0.1) is 25.2 Å². The predicted octanol–water partition coefficient (Wildman–Crippen LogP) is 6.25. The number of methoxy groups -OCH3 is 5. The number of furan rings is 1. The van der Waals surface area contributed by atoms with Gasteiger partial charge in [-0.25, -0.2) is 0 Å². The minimum absolute atomic E-state index is 0.0210. The zero-order valence-corrected chi connectivity index (χ0v) is 34.6. The highest BCUT2D eigenvalue weighted by Gasteiger charge is 2.60. The summed E-state index contributed by atoms with van der Waals surface area (Å²) >= 11 is 0. The topological polar surface area (TPSA) is 157 Å². The highest BCUT2D eigenvalue weighted by molar-refractivity contribution is 5.96. The highest BCUT2D eigenvalue weighted by Crippen LogP contribution is 2.63. The molecule has 3 aromatic carbocycles. The smallest absolute Gasteiger partial charge is 0.287 e. The molecule has 0 spiro atoms. The fourth-order valence-corrected chi connectivity index (χ4v) is 10.2. The average molecular weight is 797 g/mol. The molecule has 0 radical (unpaired) electrons. The molecular formula is C44H52N4O10. The first kappa shape index (κ1) is 39.5. The van der Waals surface area contributed by atoms with Gasteiger partial charge in [-0.15, -0.1) is 0 Å². The van der Waals surface area contributed by atoms with Gasteiger partial charge in [0.1, 0.15) is 35.0 Å². The van der Waals surface area contributed by atoms with E-state index in [0.29, 0.717) is 77.3 Å². The van der Waals surface area contributed by atoms with Crippen LogP contribution in [0.2, 0.25) is 0 Å². The maximum atomic E-state index is 14.2. The molecule has 9 rings (SSSR count). The Bertz CT molecular complexity index is 2310. The van der Waals surface area contributed by atoms with E-state index < -0.39 is 29.6 Å². The Morgan fingerprint density at radius 1 is 0.948 bits per heavy atom. The van der Waals surface area contributed by atoms with Crippen molar-refractivity contribution in [3.63, 3.8) is 0 Å². The fraction of sp³-hybridized carbons (Fsp3) is 0.500. The van der Waals surface area contributed by atoms with Crippen LogP contribution < -0.4 is 33.7 Å². The number of nitrogens with one attached hydrogen (secondary N) is 1. The Kier molecular flexibility index (Phi) is 10.3. The van der Waals surface area contributed by atoms with Crippen LogP contribution in [0.15, 0.2) is 28.7 Å². The molecule has 2 bridgehead atoms. The largest absolute Gasteiger partial charge is 0.504 e. The van der Waals surface area contributed by atoms with Crippen LogP contribution in [0.25, 0.3) is 11.0 Å². The van der Waals surface area contributed by atoms with E-state index in [2.05, 4.69) is 28.1 Å². The summed E-state index contributed by atoms with van der Waals surface area (Å²) in [6.07, 6.45) is 2.64. The molecule has 0 saturated carbocycles. The van der Waals surface area contributed by atoms with Crippen molar-refractivity contribution in [1.29, 1.82) is 5.26 Å². The number of nitriles is 1. The number of likely N-dealkylation sites (N-methyl/N-ethyl adjacent to an activating group) is 1. The van der Waals surface area contributed by atoms with Gasteiger partial charge in [-0.05, 0) is 64.9 Å². The number of hydrogen-bond donors (Lipinski definition) is 2. The van der Waals surface area contributed by atoms with Crippen molar-refractivity contribution in [2.24, 2.45) is 0 Å². The lowest BCUT2D eigenvalue weighted by molar-refractivity contribution is -0.102. The number of fused-ring (bicyclic) bond motifs is 2. The monoisotopic (exact) mass is 796 g/mol. The molecule has 2 fully saturated rings. The minimum atomic E-state index is -0.688. The molecule has 14 heteroatoms. The van der Waals surface area contributed by atoms with Gasteiger partial charge >= 0.3 is 0 Å². The molecular weight excluding hydrogens is 745 g/mol. The molecule has 5 aliphatic heterocycles. The van der Waals surface area contributed by atoms with Gasteiger partial charge in [0.05, 0.1) is 60.9 Å². The standard InChI is InChI=1S/C44H52N4O10/c1-22-38(51-5)27-18-28-35-36(39(52-6)23(2)40(53-7)37(35)49)44(3)19-29(47(44)4)30(20-45)48(28)31(34(27)42(55-9)41(22)54-8)21-46-43(50)33-17-24-16-26(10-11-32(24)58-33)57-25-12-14-56-15-13-25/h10-11,16-17,25,28-31,49H,12-15,18-19,21H2,1-9H3,(H,46,50)/t28-,29-,30-,31-,44+/m0/s1. The SMILES string of the molecule is COc1c(C)c(OC)c2c(c1O)[C@@H]1Cc3c(OC)c(C)c(OC)c(OC)c3[C@H](CNC(=O)c3cc4cc(OC5CCOCC5)ccc4o3)N1[C@@H](C#N)[C@@H]1C[C@@]2(C)N1C. The van der Waals surface area contributed by atoms with Crippen molar-refractivity contribution >= 4 is 16.9 Å². The van der Waals surface area contributed by atoms with E-state index in [1.807, 2.05) is 39.1 Å². The second-order valence-electron chi connectivity index (χ2n) is 15.8. The van der Waals surface area contributed by atoms with E-state index in [1.54, 1.807) is 34.5 Å². The number of ether oxygens (including phenoxy) is 7. The summed E-state index contributed by atoms with van der Waals surface area (Å²) in [6.45, 7) is 7.28. The van der Waals surface area contributed by atoms with Gasteiger partial charge in [-0.3, -0.25) is 14.6 Å². The van der Waals surface area contributed by atoms with E-state index in [0.717, 1.165) is 40.5 Å². The van der Waals surface area contributed by atoms with Gasteiger partial charge in [-0.1, -0.05) is 0 Å². The van der Waals surface area contributed by atoms with Crippen LogP contribution >= 0.6 is 0 Å². The van der Waals surface area contributed by atoms with Gasteiger partial charge < -0.3 is 48.0 Å². The predicted molar refractivity (Wildman–Crippen MR) is 214 cm³/mol. The summed E-state index contributed by atoms with van der Waals surface area (Å²) in [5, 5.41) is 27.4. The first-order valence-corrected chi connectivity index (χ1v) is 19.7. The number of aromatic hydroxyl groups is 1. The number of phenols is 1. The zero-order chi connectivity index (χ0) is 41.2. The zero-order valence-electron chi connectivity index (χ0n) is 34.6. The van der Waals surface area contributed by atoms with Crippen LogP contribution in [0.1, 0.15) is 82.2 Å². The minimum Gasteiger partial charge on any atom is -0.504 e. The summed E-state index contributed by atoms with van der Waals surface area (Å²) in [7, 11) is 9.93. The third-order valence-corrected chi connectivity index (χ3v) is 13.1. The number of carbonyl (C=O) groups excluding carboxylic acids is 1. The molecule has 0 unspecified atom stereocenters. The Morgan fingerprint density at radius 3 is 2.26 bits per heavy atom. The van der Waals surface area contributed by atoms with Crippen molar-refractivity contribution in [3.05, 3.63) is 63.4 Å². The van der Waals surface area contributed by atoms with Gasteiger partial charge in [0.25, 0.3) is 5.91 Å². The average Bonchev–Trinajstić information content (AvgIpc) is 3.66. The molecule has 1 aromatic heterocycles. The molecule has 2 N–H and O–H groups in total. The first-order chi connectivity index (χ1) is 28.0.